The smallest absolute Gasteiger partial charge is 0.340 e. The minimum atomic E-state index is -3.14. The molecule has 0 aromatic heterocycles. The third-order valence-electron chi connectivity index (χ3n) is 5.24. The molecule has 2 atom stereocenters. The van der Waals surface area contributed by atoms with E-state index in [1.165, 1.54) is 23.6 Å². The number of carbonyl (C=O) groups is 2. The summed E-state index contributed by atoms with van der Waals surface area (Å²) in [5.41, 5.74) is 0.783. The SMILES string of the molecule is CCN(C(=O)C(C)OC(=O)c1ccccc1Sc1ccccc1C#N)C1CCS(=O)(=O)C1. The first-order valence-corrected chi connectivity index (χ1v) is 12.9. The number of likely N-dealkylation sites (N-methyl/N-ethyl adjacent to an activating group) is 1. The van der Waals surface area contributed by atoms with E-state index in [-0.39, 0.29) is 17.1 Å². The fourth-order valence-electron chi connectivity index (χ4n) is 3.61. The fraction of sp³-hybridized carbons (Fsp3) is 0.348. The molecule has 1 amide bonds. The highest BCUT2D eigenvalue weighted by atomic mass is 32.2. The van der Waals surface area contributed by atoms with Crippen molar-refractivity contribution in [2.75, 3.05) is 18.1 Å². The summed E-state index contributed by atoms with van der Waals surface area (Å²) in [5, 5.41) is 9.32. The molecule has 1 aliphatic heterocycles. The topological polar surface area (TPSA) is 105 Å². The minimum Gasteiger partial charge on any atom is -0.449 e. The lowest BCUT2D eigenvalue weighted by molar-refractivity contribution is -0.141. The van der Waals surface area contributed by atoms with Gasteiger partial charge in [0.15, 0.2) is 15.9 Å². The van der Waals surface area contributed by atoms with Crippen molar-refractivity contribution in [2.45, 2.75) is 42.2 Å². The first kappa shape index (κ1) is 23.8. The molecule has 2 aromatic carbocycles. The van der Waals surface area contributed by atoms with Crippen molar-refractivity contribution < 1.29 is 22.7 Å². The molecule has 1 saturated heterocycles. The van der Waals surface area contributed by atoms with Crippen molar-refractivity contribution in [3.63, 3.8) is 0 Å². The number of benzene rings is 2. The van der Waals surface area contributed by atoms with E-state index in [2.05, 4.69) is 6.07 Å². The molecule has 0 radical (unpaired) electrons. The average Bonchev–Trinajstić information content (AvgIpc) is 3.14. The zero-order valence-corrected chi connectivity index (χ0v) is 19.5. The van der Waals surface area contributed by atoms with Crippen LogP contribution in [0.2, 0.25) is 0 Å². The number of hydrogen-bond acceptors (Lipinski definition) is 7. The molecule has 3 rings (SSSR count). The second kappa shape index (κ2) is 10.2. The van der Waals surface area contributed by atoms with Crippen LogP contribution in [-0.4, -0.2) is 55.4 Å². The van der Waals surface area contributed by atoms with Crippen LogP contribution in [0, 0.1) is 11.3 Å². The van der Waals surface area contributed by atoms with Gasteiger partial charge < -0.3 is 9.64 Å². The Labute approximate surface area is 192 Å². The Balaban J connectivity index is 1.74. The predicted molar refractivity (Wildman–Crippen MR) is 121 cm³/mol. The summed E-state index contributed by atoms with van der Waals surface area (Å²) >= 11 is 1.27. The number of esters is 1. The number of carbonyl (C=O) groups excluding carboxylic acids is 2. The van der Waals surface area contributed by atoms with Gasteiger partial charge in [0.05, 0.1) is 22.6 Å². The molecule has 1 aliphatic rings. The van der Waals surface area contributed by atoms with Crippen molar-refractivity contribution >= 4 is 33.5 Å². The van der Waals surface area contributed by atoms with E-state index < -0.39 is 33.9 Å². The molecule has 2 aromatic rings. The normalized spacial score (nSPS) is 17.8. The summed E-state index contributed by atoms with van der Waals surface area (Å²) < 4.78 is 29.1. The second-order valence-electron chi connectivity index (χ2n) is 7.43. The molecule has 1 fully saturated rings. The van der Waals surface area contributed by atoms with E-state index in [1.807, 2.05) is 6.07 Å². The van der Waals surface area contributed by atoms with Gasteiger partial charge in [-0.25, -0.2) is 13.2 Å². The van der Waals surface area contributed by atoms with Crippen LogP contribution < -0.4 is 0 Å². The van der Waals surface area contributed by atoms with Crippen molar-refractivity contribution in [3.05, 3.63) is 59.7 Å². The van der Waals surface area contributed by atoms with Crippen molar-refractivity contribution in [2.24, 2.45) is 0 Å². The summed E-state index contributed by atoms with van der Waals surface area (Å²) in [5.74, 6) is -1.07. The molecule has 7 nitrogen and oxygen atoms in total. The first-order chi connectivity index (χ1) is 15.3. The van der Waals surface area contributed by atoms with Gasteiger partial charge in [0, 0.05) is 22.4 Å². The van der Waals surface area contributed by atoms with Gasteiger partial charge in [-0.3, -0.25) is 4.79 Å². The first-order valence-electron chi connectivity index (χ1n) is 10.2. The Kier molecular flexibility index (Phi) is 7.59. The number of ether oxygens (including phenoxy) is 1. The molecular weight excluding hydrogens is 448 g/mol. The number of sulfone groups is 1. The quantitative estimate of drug-likeness (QED) is 0.570. The van der Waals surface area contributed by atoms with Crippen LogP contribution in [0.1, 0.15) is 36.2 Å². The molecule has 2 unspecified atom stereocenters. The number of nitriles is 1. The molecule has 9 heteroatoms. The fourth-order valence-corrected chi connectivity index (χ4v) is 6.36. The summed E-state index contributed by atoms with van der Waals surface area (Å²) in [6.45, 7) is 3.60. The summed E-state index contributed by atoms with van der Waals surface area (Å²) in [6, 6.07) is 15.7. The average molecular weight is 473 g/mol. The Hall–Kier alpha value is -2.83. The minimum absolute atomic E-state index is 0.0599. The van der Waals surface area contributed by atoms with E-state index in [0.29, 0.717) is 28.3 Å². The Morgan fingerprint density at radius 2 is 1.84 bits per heavy atom. The third-order valence-corrected chi connectivity index (χ3v) is 8.14. The van der Waals surface area contributed by atoms with E-state index >= 15 is 0 Å². The highest BCUT2D eigenvalue weighted by molar-refractivity contribution is 7.99. The second-order valence-corrected chi connectivity index (χ2v) is 10.7. The zero-order valence-electron chi connectivity index (χ0n) is 17.9. The Morgan fingerprint density at radius 3 is 2.47 bits per heavy atom. The van der Waals surface area contributed by atoms with Crippen LogP contribution in [-0.2, 0) is 19.4 Å². The lowest BCUT2D eigenvalue weighted by Gasteiger charge is -2.29. The van der Waals surface area contributed by atoms with E-state index in [0.717, 1.165) is 0 Å². The lowest BCUT2D eigenvalue weighted by Crippen LogP contribution is -2.46. The molecule has 0 N–H and O–H groups in total. The van der Waals surface area contributed by atoms with E-state index in [9.17, 15) is 23.3 Å². The Morgan fingerprint density at radius 1 is 1.19 bits per heavy atom. The van der Waals surface area contributed by atoms with Gasteiger partial charge in [0.25, 0.3) is 5.91 Å². The van der Waals surface area contributed by atoms with Crippen LogP contribution in [0.25, 0.3) is 0 Å². The highest BCUT2D eigenvalue weighted by Crippen LogP contribution is 2.33. The monoisotopic (exact) mass is 472 g/mol. The highest BCUT2D eigenvalue weighted by Gasteiger charge is 2.36. The Bertz CT molecular complexity index is 1160. The molecule has 0 bridgehead atoms. The molecule has 0 aliphatic carbocycles. The van der Waals surface area contributed by atoms with Gasteiger partial charge in [0.1, 0.15) is 6.07 Å². The molecule has 0 spiro atoms. The molecule has 32 heavy (non-hydrogen) atoms. The van der Waals surface area contributed by atoms with Crippen LogP contribution in [0.4, 0.5) is 0 Å². The number of nitrogens with zero attached hydrogens (tertiary/aromatic N) is 2. The van der Waals surface area contributed by atoms with Crippen molar-refractivity contribution in [1.29, 1.82) is 5.26 Å². The van der Waals surface area contributed by atoms with E-state index in [4.69, 9.17) is 4.74 Å². The molecular formula is C23H24N2O5S2. The maximum Gasteiger partial charge on any atom is 0.340 e. The number of rotatable bonds is 7. The van der Waals surface area contributed by atoms with Crippen molar-refractivity contribution in [3.8, 4) is 6.07 Å². The van der Waals surface area contributed by atoms with Crippen LogP contribution >= 0.6 is 11.8 Å². The maximum atomic E-state index is 12.9. The number of hydrogen-bond donors (Lipinski definition) is 0. The zero-order chi connectivity index (χ0) is 23.3. The summed E-state index contributed by atoms with van der Waals surface area (Å²) in [7, 11) is -3.14. The summed E-state index contributed by atoms with van der Waals surface area (Å²) in [6.07, 6.45) is -0.671. The van der Waals surface area contributed by atoms with E-state index in [1.54, 1.807) is 49.4 Å². The van der Waals surface area contributed by atoms with Crippen LogP contribution in [0.15, 0.2) is 58.3 Å². The van der Waals surface area contributed by atoms with Gasteiger partial charge in [-0.1, -0.05) is 36.0 Å². The molecule has 168 valence electrons. The lowest BCUT2D eigenvalue weighted by atomic mass is 10.2. The number of amides is 1. The maximum absolute atomic E-state index is 12.9. The van der Waals surface area contributed by atoms with Crippen molar-refractivity contribution in [1.82, 2.24) is 4.90 Å². The molecule has 1 heterocycles. The third kappa shape index (κ3) is 5.50. The summed E-state index contributed by atoms with van der Waals surface area (Å²) in [4.78, 5) is 28.6. The van der Waals surface area contributed by atoms with Gasteiger partial charge in [-0.05, 0) is 44.5 Å². The predicted octanol–water partition coefficient (Wildman–Crippen LogP) is 3.29. The van der Waals surface area contributed by atoms with Gasteiger partial charge in [-0.15, -0.1) is 0 Å². The van der Waals surface area contributed by atoms with Gasteiger partial charge >= 0.3 is 5.97 Å². The molecule has 0 saturated carbocycles. The van der Waals surface area contributed by atoms with Gasteiger partial charge in [-0.2, -0.15) is 5.26 Å². The largest absolute Gasteiger partial charge is 0.449 e. The van der Waals surface area contributed by atoms with Crippen LogP contribution in [0.3, 0.4) is 0 Å². The standard InChI is InChI=1S/C23H24N2O5S2/c1-3-25(18-12-13-32(28,29)15-18)22(26)16(2)30-23(27)19-9-5-7-11-21(19)31-20-10-6-4-8-17(20)14-24/h4-11,16,18H,3,12-13,15H2,1-2H3. The van der Waals surface area contributed by atoms with Gasteiger partial charge in [0.2, 0.25) is 0 Å². The van der Waals surface area contributed by atoms with Crippen LogP contribution in [0.5, 0.6) is 0 Å².